The van der Waals surface area contributed by atoms with Gasteiger partial charge in [0, 0.05) is 12.6 Å². The van der Waals surface area contributed by atoms with E-state index >= 15 is 0 Å². The monoisotopic (exact) mass is 280 g/mol. The molecule has 0 aliphatic carbocycles. The van der Waals surface area contributed by atoms with E-state index in [1.807, 2.05) is 25.3 Å². The van der Waals surface area contributed by atoms with Crippen LogP contribution in [0.25, 0.3) is 0 Å². The van der Waals surface area contributed by atoms with Crippen LogP contribution < -0.4 is 11.1 Å². The van der Waals surface area contributed by atoms with Crippen LogP contribution in [0, 0.1) is 0 Å². The fourth-order valence-electron chi connectivity index (χ4n) is 1.71. The third-order valence-corrected chi connectivity index (χ3v) is 4.17. The van der Waals surface area contributed by atoms with Gasteiger partial charge in [-0.25, -0.2) is 0 Å². The second-order valence-corrected chi connectivity index (χ2v) is 6.23. The SMILES string of the molecule is CSC(C)C(=O)NCC(N)c1ccc(C(C)C)cc1. The molecule has 1 aromatic rings. The van der Waals surface area contributed by atoms with E-state index in [9.17, 15) is 4.79 Å². The smallest absolute Gasteiger partial charge is 0.232 e. The molecular weight excluding hydrogens is 256 g/mol. The highest BCUT2D eigenvalue weighted by atomic mass is 32.2. The Kier molecular flexibility index (Phi) is 6.38. The average molecular weight is 280 g/mol. The van der Waals surface area contributed by atoms with Crippen molar-refractivity contribution < 1.29 is 4.79 Å². The second kappa shape index (κ2) is 7.56. The molecule has 0 aliphatic heterocycles. The van der Waals surface area contributed by atoms with Crippen molar-refractivity contribution in [1.82, 2.24) is 5.32 Å². The number of thioether (sulfide) groups is 1. The van der Waals surface area contributed by atoms with Gasteiger partial charge in [0.25, 0.3) is 0 Å². The van der Waals surface area contributed by atoms with Crippen LogP contribution in [0.3, 0.4) is 0 Å². The van der Waals surface area contributed by atoms with Crippen molar-refractivity contribution in [3.05, 3.63) is 35.4 Å². The molecule has 3 nitrogen and oxygen atoms in total. The first-order valence-corrected chi connectivity index (χ1v) is 7.90. The van der Waals surface area contributed by atoms with E-state index in [2.05, 4.69) is 31.3 Å². The Morgan fingerprint density at radius 3 is 2.21 bits per heavy atom. The van der Waals surface area contributed by atoms with Crippen molar-refractivity contribution in [2.24, 2.45) is 5.73 Å². The summed E-state index contributed by atoms with van der Waals surface area (Å²) in [6.07, 6.45) is 1.93. The van der Waals surface area contributed by atoms with Crippen LogP contribution in [-0.4, -0.2) is 24.0 Å². The molecule has 0 radical (unpaired) electrons. The van der Waals surface area contributed by atoms with Crippen LogP contribution in [0.2, 0.25) is 0 Å². The zero-order valence-electron chi connectivity index (χ0n) is 12.1. The Balaban J connectivity index is 2.54. The Morgan fingerprint density at radius 2 is 1.74 bits per heavy atom. The molecule has 1 amide bonds. The van der Waals surface area contributed by atoms with Gasteiger partial charge in [0.15, 0.2) is 0 Å². The van der Waals surface area contributed by atoms with E-state index in [1.165, 1.54) is 17.3 Å². The summed E-state index contributed by atoms with van der Waals surface area (Å²) in [5.74, 6) is 0.564. The summed E-state index contributed by atoms with van der Waals surface area (Å²) in [6, 6.07) is 8.14. The minimum Gasteiger partial charge on any atom is -0.353 e. The fraction of sp³-hybridized carbons (Fsp3) is 0.533. The van der Waals surface area contributed by atoms with Gasteiger partial charge in [0.05, 0.1) is 5.25 Å². The van der Waals surface area contributed by atoms with Gasteiger partial charge in [0.2, 0.25) is 5.91 Å². The number of nitrogens with two attached hydrogens (primary N) is 1. The Bertz CT molecular complexity index is 403. The van der Waals surface area contributed by atoms with Crippen LogP contribution in [0.15, 0.2) is 24.3 Å². The fourth-order valence-corrected chi connectivity index (χ4v) is 2.00. The Hall–Kier alpha value is -1.00. The molecule has 3 N–H and O–H groups in total. The molecule has 0 aliphatic rings. The van der Waals surface area contributed by atoms with E-state index < -0.39 is 0 Å². The summed E-state index contributed by atoms with van der Waals surface area (Å²) in [7, 11) is 0. The maximum atomic E-state index is 11.7. The standard InChI is InChI=1S/C15H24N2OS/c1-10(2)12-5-7-13(8-6-12)14(16)9-17-15(18)11(3)19-4/h5-8,10-11,14H,9,16H2,1-4H3,(H,17,18). The maximum absolute atomic E-state index is 11.7. The number of rotatable bonds is 6. The quantitative estimate of drug-likeness (QED) is 0.842. The number of benzene rings is 1. The first-order chi connectivity index (χ1) is 8.95. The molecule has 0 saturated carbocycles. The highest BCUT2D eigenvalue weighted by molar-refractivity contribution is 7.99. The molecule has 0 aromatic heterocycles. The van der Waals surface area contributed by atoms with E-state index in [0.29, 0.717) is 12.5 Å². The van der Waals surface area contributed by atoms with Crippen molar-refractivity contribution in [2.45, 2.75) is 38.0 Å². The zero-order chi connectivity index (χ0) is 14.4. The first-order valence-electron chi connectivity index (χ1n) is 6.61. The van der Waals surface area contributed by atoms with Gasteiger partial charge in [-0.05, 0) is 30.2 Å². The van der Waals surface area contributed by atoms with Gasteiger partial charge in [-0.3, -0.25) is 4.79 Å². The maximum Gasteiger partial charge on any atom is 0.232 e. The van der Waals surface area contributed by atoms with E-state index in [0.717, 1.165) is 5.56 Å². The van der Waals surface area contributed by atoms with Gasteiger partial charge in [-0.2, -0.15) is 11.8 Å². The normalized spacial score (nSPS) is 14.2. The minimum absolute atomic E-state index is 0.0319. The van der Waals surface area contributed by atoms with Gasteiger partial charge >= 0.3 is 0 Å². The van der Waals surface area contributed by atoms with Crippen molar-refractivity contribution in [2.75, 3.05) is 12.8 Å². The molecule has 0 bridgehead atoms. The summed E-state index contributed by atoms with van der Waals surface area (Å²) < 4.78 is 0. The van der Waals surface area contributed by atoms with E-state index in [1.54, 1.807) is 0 Å². The summed E-state index contributed by atoms with van der Waals surface area (Å²) in [6.45, 7) is 6.70. The lowest BCUT2D eigenvalue weighted by Crippen LogP contribution is -2.36. The lowest BCUT2D eigenvalue weighted by atomic mass is 9.99. The molecule has 0 saturated heterocycles. The number of hydrogen-bond donors (Lipinski definition) is 2. The molecule has 0 heterocycles. The second-order valence-electron chi connectivity index (χ2n) is 5.05. The molecule has 1 rings (SSSR count). The number of carbonyl (C=O) groups is 1. The van der Waals surface area contributed by atoms with Crippen LogP contribution in [0.5, 0.6) is 0 Å². The minimum atomic E-state index is -0.154. The van der Waals surface area contributed by atoms with E-state index in [4.69, 9.17) is 5.73 Å². The zero-order valence-corrected chi connectivity index (χ0v) is 13.0. The molecule has 0 fully saturated rings. The first kappa shape index (κ1) is 16.1. The predicted molar refractivity (Wildman–Crippen MR) is 83.4 cm³/mol. The summed E-state index contributed by atoms with van der Waals surface area (Å²) in [4.78, 5) is 11.7. The van der Waals surface area contributed by atoms with Crippen molar-refractivity contribution >= 4 is 17.7 Å². The lowest BCUT2D eigenvalue weighted by Gasteiger charge is -2.16. The number of amides is 1. The number of nitrogens with one attached hydrogen (secondary N) is 1. The van der Waals surface area contributed by atoms with Crippen LogP contribution in [-0.2, 0) is 4.79 Å². The molecule has 0 spiro atoms. The Labute approximate surface area is 120 Å². The molecule has 4 heteroatoms. The highest BCUT2D eigenvalue weighted by Crippen LogP contribution is 2.17. The van der Waals surface area contributed by atoms with Gasteiger partial charge in [-0.15, -0.1) is 0 Å². The van der Waals surface area contributed by atoms with Crippen molar-refractivity contribution in [1.29, 1.82) is 0 Å². The van der Waals surface area contributed by atoms with Crippen molar-refractivity contribution in [3.63, 3.8) is 0 Å². The van der Waals surface area contributed by atoms with Gasteiger partial charge < -0.3 is 11.1 Å². The highest BCUT2D eigenvalue weighted by Gasteiger charge is 2.13. The molecule has 2 unspecified atom stereocenters. The topological polar surface area (TPSA) is 55.1 Å². The van der Waals surface area contributed by atoms with Crippen LogP contribution in [0.4, 0.5) is 0 Å². The number of hydrogen-bond acceptors (Lipinski definition) is 3. The third-order valence-electron chi connectivity index (χ3n) is 3.25. The summed E-state index contributed by atoms with van der Waals surface area (Å²) in [5.41, 5.74) is 8.45. The van der Waals surface area contributed by atoms with Crippen molar-refractivity contribution in [3.8, 4) is 0 Å². The lowest BCUT2D eigenvalue weighted by molar-refractivity contribution is -0.120. The molecular formula is C15H24N2OS. The van der Waals surface area contributed by atoms with Crippen LogP contribution in [0.1, 0.15) is 43.9 Å². The van der Waals surface area contributed by atoms with Crippen LogP contribution >= 0.6 is 11.8 Å². The predicted octanol–water partition coefficient (Wildman–Crippen LogP) is 2.68. The summed E-state index contributed by atoms with van der Waals surface area (Å²) in [5, 5.41) is 2.85. The van der Waals surface area contributed by atoms with Gasteiger partial charge in [0.1, 0.15) is 0 Å². The average Bonchev–Trinajstić information content (AvgIpc) is 2.43. The summed E-state index contributed by atoms with van der Waals surface area (Å²) >= 11 is 1.53. The Morgan fingerprint density at radius 1 is 1.21 bits per heavy atom. The molecule has 106 valence electrons. The largest absolute Gasteiger partial charge is 0.353 e. The number of carbonyl (C=O) groups excluding carboxylic acids is 1. The molecule has 19 heavy (non-hydrogen) atoms. The molecule has 1 aromatic carbocycles. The van der Waals surface area contributed by atoms with Gasteiger partial charge in [-0.1, -0.05) is 38.1 Å². The van der Waals surface area contributed by atoms with E-state index in [-0.39, 0.29) is 17.2 Å². The molecule has 2 atom stereocenters. The third kappa shape index (κ3) is 4.88.